The molecule has 0 bridgehead atoms. The molecule has 1 heterocycles. The lowest BCUT2D eigenvalue weighted by molar-refractivity contribution is -0.138. The second kappa shape index (κ2) is 4.38. The van der Waals surface area contributed by atoms with Gasteiger partial charge in [0.1, 0.15) is 5.82 Å². The third kappa shape index (κ3) is 3.01. The van der Waals surface area contributed by atoms with Crippen molar-refractivity contribution in [1.82, 2.24) is 9.97 Å². The van der Waals surface area contributed by atoms with Crippen molar-refractivity contribution in [1.29, 1.82) is 0 Å². The number of rotatable bonds is 4. The Morgan fingerprint density at radius 1 is 1.53 bits per heavy atom. The molecule has 0 aliphatic heterocycles. The van der Waals surface area contributed by atoms with Gasteiger partial charge in [0, 0.05) is 18.0 Å². The highest BCUT2D eigenvalue weighted by atomic mass is 16.4. The Kier molecular flexibility index (Phi) is 3.39. The SMILES string of the molecule is CCc1nccc(C(C)(C)CC(=O)O)n1. The Balaban J connectivity index is 2.98. The van der Waals surface area contributed by atoms with E-state index in [1.807, 2.05) is 20.8 Å². The van der Waals surface area contributed by atoms with E-state index in [1.54, 1.807) is 12.3 Å². The molecular weight excluding hydrogens is 192 g/mol. The number of carbonyl (C=O) groups is 1. The van der Waals surface area contributed by atoms with E-state index in [2.05, 4.69) is 9.97 Å². The Labute approximate surface area is 89.4 Å². The minimum atomic E-state index is -0.809. The molecule has 1 aromatic heterocycles. The number of aliphatic carboxylic acids is 1. The summed E-state index contributed by atoms with van der Waals surface area (Å²) in [5, 5.41) is 8.79. The molecule has 0 atom stereocenters. The van der Waals surface area contributed by atoms with Gasteiger partial charge in [-0.3, -0.25) is 4.79 Å². The predicted octanol–water partition coefficient (Wildman–Crippen LogP) is 1.79. The van der Waals surface area contributed by atoms with Gasteiger partial charge < -0.3 is 5.11 Å². The van der Waals surface area contributed by atoms with Gasteiger partial charge in [0.15, 0.2) is 0 Å². The van der Waals surface area contributed by atoms with Crippen LogP contribution in [0.4, 0.5) is 0 Å². The molecule has 0 aliphatic rings. The van der Waals surface area contributed by atoms with E-state index < -0.39 is 11.4 Å². The summed E-state index contributed by atoms with van der Waals surface area (Å²) in [5.41, 5.74) is 0.343. The van der Waals surface area contributed by atoms with Crippen LogP contribution in [0.15, 0.2) is 12.3 Å². The standard InChI is InChI=1S/C11H16N2O2/c1-4-9-12-6-5-8(13-9)11(2,3)7-10(14)15/h5-6H,4,7H2,1-3H3,(H,14,15). The lowest BCUT2D eigenvalue weighted by Gasteiger charge is -2.21. The summed E-state index contributed by atoms with van der Waals surface area (Å²) in [7, 11) is 0. The summed E-state index contributed by atoms with van der Waals surface area (Å²) in [4.78, 5) is 19.1. The maximum atomic E-state index is 10.7. The highest BCUT2D eigenvalue weighted by Gasteiger charge is 2.25. The highest BCUT2D eigenvalue weighted by molar-refractivity contribution is 5.68. The van der Waals surface area contributed by atoms with Crippen LogP contribution >= 0.6 is 0 Å². The first-order valence-corrected chi connectivity index (χ1v) is 5.00. The number of hydrogen-bond donors (Lipinski definition) is 1. The summed E-state index contributed by atoms with van der Waals surface area (Å²) < 4.78 is 0. The highest BCUT2D eigenvalue weighted by Crippen LogP contribution is 2.24. The number of carboxylic acids is 1. The van der Waals surface area contributed by atoms with Crippen LogP contribution in [0.5, 0.6) is 0 Å². The normalized spacial score (nSPS) is 11.4. The number of hydrogen-bond acceptors (Lipinski definition) is 3. The van der Waals surface area contributed by atoms with Gasteiger partial charge in [-0.05, 0) is 6.07 Å². The van der Waals surface area contributed by atoms with Gasteiger partial charge in [-0.2, -0.15) is 0 Å². The van der Waals surface area contributed by atoms with E-state index in [-0.39, 0.29) is 6.42 Å². The predicted molar refractivity (Wildman–Crippen MR) is 56.7 cm³/mol. The summed E-state index contributed by atoms with van der Waals surface area (Å²) in [6.07, 6.45) is 2.52. The van der Waals surface area contributed by atoms with Crippen molar-refractivity contribution >= 4 is 5.97 Å². The quantitative estimate of drug-likeness (QED) is 0.819. The van der Waals surface area contributed by atoms with Crippen molar-refractivity contribution in [3.63, 3.8) is 0 Å². The zero-order valence-electron chi connectivity index (χ0n) is 9.32. The van der Waals surface area contributed by atoms with Gasteiger partial charge in [0.05, 0.1) is 12.1 Å². The summed E-state index contributed by atoms with van der Waals surface area (Å²) in [6.45, 7) is 5.73. The molecule has 82 valence electrons. The van der Waals surface area contributed by atoms with Crippen molar-refractivity contribution in [2.24, 2.45) is 0 Å². The molecule has 1 rings (SSSR count). The molecule has 0 saturated carbocycles. The minimum Gasteiger partial charge on any atom is -0.481 e. The minimum absolute atomic E-state index is 0.0766. The Morgan fingerprint density at radius 2 is 2.20 bits per heavy atom. The van der Waals surface area contributed by atoms with Gasteiger partial charge in [0.25, 0.3) is 0 Å². The van der Waals surface area contributed by atoms with Crippen LogP contribution in [0.2, 0.25) is 0 Å². The zero-order chi connectivity index (χ0) is 11.5. The lowest BCUT2D eigenvalue weighted by atomic mass is 9.85. The molecule has 0 radical (unpaired) electrons. The molecular formula is C11H16N2O2. The number of aromatic nitrogens is 2. The first-order chi connectivity index (χ1) is 6.95. The Morgan fingerprint density at radius 3 is 2.73 bits per heavy atom. The number of aryl methyl sites for hydroxylation is 1. The first kappa shape index (κ1) is 11.6. The first-order valence-electron chi connectivity index (χ1n) is 5.00. The fourth-order valence-electron chi connectivity index (χ4n) is 1.41. The Bertz CT molecular complexity index is 361. The van der Waals surface area contributed by atoms with Crippen LogP contribution < -0.4 is 0 Å². The Hall–Kier alpha value is -1.45. The fourth-order valence-corrected chi connectivity index (χ4v) is 1.41. The van der Waals surface area contributed by atoms with E-state index >= 15 is 0 Å². The smallest absolute Gasteiger partial charge is 0.304 e. The van der Waals surface area contributed by atoms with Crippen molar-refractivity contribution in [3.05, 3.63) is 23.8 Å². The summed E-state index contributed by atoms with van der Waals surface area (Å²) >= 11 is 0. The maximum Gasteiger partial charge on any atom is 0.304 e. The van der Waals surface area contributed by atoms with Crippen LogP contribution in [0.25, 0.3) is 0 Å². The molecule has 0 fully saturated rings. The maximum absolute atomic E-state index is 10.7. The van der Waals surface area contributed by atoms with Gasteiger partial charge in [-0.15, -0.1) is 0 Å². The van der Waals surface area contributed by atoms with E-state index in [0.29, 0.717) is 0 Å². The molecule has 0 aromatic carbocycles. The molecule has 0 saturated heterocycles. The molecule has 1 aromatic rings. The second-order valence-electron chi connectivity index (χ2n) is 4.17. The molecule has 0 spiro atoms. The molecule has 15 heavy (non-hydrogen) atoms. The van der Waals surface area contributed by atoms with Gasteiger partial charge in [-0.1, -0.05) is 20.8 Å². The topological polar surface area (TPSA) is 63.1 Å². The zero-order valence-corrected chi connectivity index (χ0v) is 9.32. The molecule has 4 heteroatoms. The van der Waals surface area contributed by atoms with Crippen LogP contribution in [-0.4, -0.2) is 21.0 Å². The summed E-state index contributed by atoms with van der Waals surface area (Å²) in [6, 6.07) is 1.78. The van der Waals surface area contributed by atoms with Crippen LogP contribution in [0, 0.1) is 0 Å². The number of carboxylic acid groups (broad SMARTS) is 1. The molecule has 0 aliphatic carbocycles. The van der Waals surface area contributed by atoms with E-state index in [4.69, 9.17) is 5.11 Å². The van der Waals surface area contributed by atoms with Crippen molar-refractivity contribution in [2.75, 3.05) is 0 Å². The fraction of sp³-hybridized carbons (Fsp3) is 0.545. The van der Waals surface area contributed by atoms with Crippen molar-refractivity contribution < 1.29 is 9.90 Å². The van der Waals surface area contributed by atoms with Crippen molar-refractivity contribution in [3.8, 4) is 0 Å². The molecule has 0 amide bonds. The van der Waals surface area contributed by atoms with Crippen LogP contribution in [-0.2, 0) is 16.6 Å². The number of nitrogens with zero attached hydrogens (tertiary/aromatic N) is 2. The monoisotopic (exact) mass is 208 g/mol. The van der Waals surface area contributed by atoms with Crippen LogP contribution in [0.1, 0.15) is 38.7 Å². The summed E-state index contributed by atoms with van der Waals surface area (Å²) in [5.74, 6) is -0.0531. The lowest BCUT2D eigenvalue weighted by Crippen LogP contribution is -2.23. The van der Waals surface area contributed by atoms with E-state index in [0.717, 1.165) is 17.9 Å². The van der Waals surface area contributed by atoms with Gasteiger partial charge >= 0.3 is 5.97 Å². The average molecular weight is 208 g/mol. The third-order valence-corrected chi connectivity index (χ3v) is 2.31. The average Bonchev–Trinajstić information content (AvgIpc) is 2.16. The second-order valence-corrected chi connectivity index (χ2v) is 4.17. The van der Waals surface area contributed by atoms with Crippen molar-refractivity contribution in [2.45, 2.75) is 39.0 Å². The van der Waals surface area contributed by atoms with E-state index in [1.165, 1.54) is 0 Å². The molecule has 0 unspecified atom stereocenters. The van der Waals surface area contributed by atoms with E-state index in [9.17, 15) is 4.79 Å². The molecule has 4 nitrogen and oxygen atoms in total. The molecule has 1 N–H and O–H groups in total. The van der Waals surface area contributed by atoms with Gasteiger partial charge in [-0.25, -0.2) is 9.97 Å². The third-order valence-electron chi connectivity index (χ3n) is 2.31. The van der Waals surface area contributed by atoms with Crippen LogP contribution in [0.3, 0.4) is 0 Å². The van der Waals surface area contributed by atoms with Gasteiger partial charge in [0.2, 0.25) is 0 Å². The largest absolute Gasteiger partial charge is 0.481 e.